The minimum atomic E-state index is -4.96. The molecule has 93 heavy (non-hydrogen) atoms. The molecule has 0 saturated carbocycles. The van der Waals surface area contributed by atoms with Gasteiger partial charge >= 0.3 is 39.5 Å². The molecule has 552 valence electrons. The number of hydrogen-bond donors (Lipinski definition) is 3. The van der Waals surface area contributed by atoms with E-state index in [9.17, 15) is 43.2 Å². The van der Waals surface area contributed by atoms with Crippen molar-refractivity contribution < 1.29 is 80.2 Å². The number of hydrogen-bond acceptors (Lipinski definition) is 15. The van der Waals surface area contributed by atoms with Gasteiger partial charge in [-0.15, -0.1) is 0 Å². The molecule has 0 aliphatic carbocycles. The van der Waals surface area contributed by atoms with Crippen LogP contribution in [0, 0.1) is 23.7 Å². The second-order valence-electron chi connectivity index (χ2n) is 28.1. The summed E-state index contributed by atoms with van der Waals surface area (Å²) in [6, 6.07) is 0. The lowest BCUT2D eigenvalue weighted by atomic mass is 9.99. The van der Waals surface area contributed by atoms with E-state index in [0.29, 0.717) is 25.7 Å². The van der Waals surface area contributed by atoms with Crippen LogP contribution in [0.4, 0.5) is 0 Å². The summed E-state index contributed by atoms with van der Waals surface area (Å²) >= 11 is 0. The van der Waals surface area contributed by atoms with Crippen LogP contribution < -0.4 is 0 Å². The van der Waals surface area contributed by atoms with Crippen LogP contribution in [0.2, 0.25) is 0 Å². The average molecular weight is 1370 g/mol. The minimum Gasteiger partial charge on any atom is -0.462 e. The summed E-state index contributed by atoms with van der Waals surface area (Å²) in [4.78, 5) is 72.7. The van der Waals surface area contributed by atoms with Crippen LogP contribution in [0.1, 0.15) is 370 Å². The summed E-state index contributed by atoms with van der Waals surface area (Å²) in [5, 5.41) is 10.6. The van der Waals surface area contributed by atoms with Crippen molar-refractivity contribution >= 4 is 39.5 Å². The summed E-state index contributed by atoms with van der Waals surface area (Å²) in [5.74, 6) is 0.943. The first kappa shape index (κ1) is 91.1. The molecule has 0 aromatic carbocycles. The van der Waals surface area contributed by atoms with E-state index in [1.165, 1.54) is 167 Å². The van der Waals surface area contributed by atoms with Crippen molar-refractivity contribution in [2.24, 2.45) is 23.7 Å². The zero-order chi connectivity index (χ0) is 68.9. The maximum absolute atomic E-state index is 13.1. The van der Waals surface area contributed by atoms with E-state index in [1.54, 1.807) is 0 Å². The van der Waals surface area contributed by atoms with Crippen LogP contribution in [0.3, 0.4) is 0 Å². The number of unbranched alkanes of at least 4 members (excludes halogenated alkanes) is 35. The third-order valence-corrected chi connectivity index (χ3v) is 19.7. The van der Waals surface area contributed by atoms with Gasteiger partial charge in [-0.2, -0.15) is 0 Å². The number of esters is 4. The normalized spacial score (nSPS) is 14.8. The van der Waals surface area contributed by atoms with Crippen LogP contribution in [0.15, 0.2) is 0 Å². The number of aliphatic hydroxyl groups is 1. The van der Waals surface area contributed by atoms with Gasteiger partial charge in [0.05, 0.1) is 26.4 Å². The molecule has 3 N–H and O–H groups in total. The first-order chi connectivity index (χ1) is 44.7. The molecule has 17 nitrogen and oxygen atoms in total. The molecule has 0 heterocycles. The smallest absolute Gasteiger partial charge is 0.462 e. The Kier molecular flexibility index (Phi) is 62.2. The molecule has 0 aliphatic rings. The molecule has 0 radical (unpaired) electrons. The van der Waals surface area contributed by atoms with E-state index >= 15 is 0 Å². The molecule has 0 saturated heterocycles. The number of phosphoric ester groups is 2. The highest BCUT2D eigenvalue weighted by Crippen LogP contribution is 2.45. The van der Waals surface area contributed by atoms with Crippen LogP contribution in [-0.2, 0) is 65.4 Å². The Labute approximate surface area is 568 Å². The fourth-order valence-corrected chi connectivity index (χ4v) is 12.7. The quantitative estimate of drug-likeness (QED) is 0.0222. The molecule has 19 heteroatoms. The average Bonchev–Trinajstić information content (AvgIpc) is 3.11. The number of aliphatic hydroxyl groups excluding tert-OH is 1. The van der Waals surface area contributed by atoms with Crippen molar-refractivity contribution in [1.29, 1.82) is 0 Å². The van der Waals surface area contributed by atoms with Crippen molar-refractivity contribution in [3.05, 3.63) is 0 Å². The highest BCUT2D eigenvalue weighted by atomic mass is 31.2. The Hall–Kier alpha value is -1.94. The van der Waals surface area contributed by atoms with Crippen molar-refractivity contribution in [3.63, 3.8) is 0 Å². The van der Waals surface area contributed by atoms with Gasteiger partial charge < -0.3 is 33.8 Å². The Morgan fingerprint density at radius 2 is 0.516 bits per heavy atom. The molecule has 0 rings (SSSR count). The van der Waals surface area contributed by atoms with Gasteiger partial charge in [-0.1, -0.05) is 319 Å². The highest BCUT2D eigenvalue weighted by Gasteiger charge is 2.30. The minimum absolute atomic E-state index is 0.105. The lowest BCUT2D eigenvalue weighted by Gasteiger charge is -2.21. The van der Waals surface area contributed by atoms with E-state index in [4.69, 9.17) is 37.0 Å². The standard InChI is InChI=1S/C74H144O17P2/c1-9-66(7)52-44-36-28-21-17-13-11-12-14-18-22-30-40-48-56-73(78)91-70(61-85-72(77)55-47-39-33-32-37-45-53-67(8)10-2)63-89-93(82,83)87-59-68(75)58-86-92(80,81)88-62-69(60-84-71(76)54-46-38-29-25-24-27-35-43-51-65(5)6)90-74(79)57-49-41-31-23-19-15-16-20-26-34-42-50-64(3)4/h64-70,75H,9-63H2,1-8H3,(H,80,81)(H,82,83)/t66?,67?,68-,69-,70-/m1/s1. The zero-order valence-electron chi connectivity index (χ0n) is 60.9. The lowest BCUT2D eigenvalue weighted by molar-refractivity contribution is -0.161. The van der Waals surface area contributed by atoms with Gasteiger partial charge in [0.15, 0.2) is 12.2 Å². The number of carbonyl (C=O) groups excluding carboxylic acids is 4. The Balaban J connectivity index is 5.24. The van der Waals surface area contributed by atoms with Crippen LogP contribution in [0.5, 0.6) is 0 Å². The largest absolute Gasteiger partial charge is 0.472 e. The third kappa shape index (κ3) is 65.8. The number of phosphoric acid groups is 2. The SMILES string of the molecule is CCC(C)CCCCCCCCCCCCCCCCC(=O)O[C@H](COC(=O)CCCCCCCCC(C)CC)COP(=O)(O)OC[C@H](O)COP(=O)(O)OC[C@@H](COC(=O)CCCCCCCCCCC(C)C)OC(=O)CCCCCCCCCCCCCC(C)C. The molecule has 0 amide bonds. The molecular weight excluding hydrogens is 1220 g/mol. The molecule has 0 aromatic rings. The molecule has 0 spiro atoms. The zero-order valence-corrected chi connectivity index (χ0v) is 62.7. The predicted octanol–water partition coefficient (Wildman–Crippen LogP) is 21.3. The Bertz CT molecular complexity index is 1840. The van der Waals surface area contributed by atoms with Gasteiger partial charge in [0.2, 0.25) is 0 Å². The van der Waals surface area contributed by atoms with Crippen molar-refractivity contribution in [3.8, 4) is 0 Å². The highest BCUT2D eigenvalue weighted by molar-refractivity contribution is 7.47. The van der Waals surface area contributed by atoms with E-state index in [1.807, 2.05) is 0 Å². The fraction of sp³-hybridized carbons (Fsp3) is 0.946. The van der Waals surface area contributed by atoms with Crippen molar-refractivity contribution in [2.75, 3.05) is 39.6 Å². The second kappa shape index (κ2) is 63.5. The molecule has 4 unspecified atom stereocenters. The maximum atomic E-state index is 13.1. The molecule has 0 fully saturated rings. The van der Waals surface area contributed by atoms with E-state index in [0.717, 1.165) is 120 Å². The summed E-state index contributed by atoms with van der Waals surface area (Å²) < 4.78 is 68.4. The molecular formula is C74H144O17P2. The van der Waals surface area contributed by atoms with Gasteiger partial charge in [-0.3, -0.25) is 37.3 Å². The first-order valence-corrected chi connectivity index (χ1v) is 41.3. The summed E-state index contributed by atoms with van der Waals surface area (Å²) in [6.45, 7) is 14.2. The maximum Gasteiger partial charge on any atom is 0.472 e. The van der Waals surface area contributed by atoms with E-state index in [-0.39, 0.29) is 25.7 Å². The summed E-state index contributed by atoms with van der Waals surface area (Å²) in [7, 11) is -9.91. The van der Waals surface area contributed by atoms with Gasteiger partial charge in [0, 0.05) is 25.7 Å². The molecule has 7 atom stereocenters. The van der Waals surface area contributed by atoms with Crippen molar-refractivity contribution in [1.82, 2.24) is 0 Å². The van der Waals surface area contributed by atoms with Crippen LogP contribution >= 0.6 is 15.6 Å². The summed E-state index contributed by atoms with van der Waals surface area (Å²) in [6.07, 6.45) is 47.2. The van der Waals surface area contributed by atoms with Crippen LogP contribution in [0.25, 0.3) is 0 Å². The summed E-state index contributed by atoms with van der Waals surface area (Å²) in [5.41, 5.74) is 0. The first-order valence-electron chi connectivity index (χ1n) is 38.3. The van der Waals surface area contributed by atoms with Gasteiger partial charge in [0.1, 0.15) is 19.3 Å². The number of carbonyl (C=O) groups is 4. The monoisotopic (exact) mass is 1370 g/mol. The van der Waals surface area contributed by atoms with Crippen molar-refractivity contribution in [2.45, 2.75) is 388 Å². The number of rotatable bonds is 71. The molecule has 0 aromatic heterocycles. The number of ether oxygens (including phenoxy) is 4. The van der Waals surface area contributed by atoms with E-state index in [2.05, 4.69) is 55.4 Å². The van der Waals surface area contributed by atoms with Gasteiger partial charge in [-0.05, 0) is 49.4 Å². The molecule has 0 aliphatic heterocycles. The molecule has 0 bridgehead atoms. The Morgan fingerprint density at radius 1 is 0.301 bits per heavy atom. The van der Waals surface area contributed by atoms with Crippen LogP contribution in [-0.4, -0.2) is 96.7 Å². The van der Waals surface area contributed by atoms with Gasteiger partial charge in [-0.25, -0.2) is 9.13 Å². The predicted molar refractivity (Wildman–Crippen MR) is 377 cm³/mol. The second-order valence-corrected chi connectivity index (χ2v) is 31.0. The van der Waals surface area contributed by atoms with E-state index < -0.39 is 97.5 Å². The lowest BCUT2D eigenvalue weighted by Crippen LogP contribution is -2.30. The Morgan fingerprint density at radius 3 is 0.763 bits per heavy atom. The topological polar surface area (TPSA) is 237 Å². The third-order valence-electron chi connectivity index (χ3n) is 17.8. The fourth-order valence-electron chi connectivity index (χ4n) is 11.1. The van der Waals surface area contributed by atoms with Gasteiger partial charge in [0.25, 0.3) is 0 Å².